The zero-order valence-corrected chi connectivity index (χ0v) is 11.9. The summed E-state index contributed by atoms with van der Waals surface area (Å²) in [5.41, 5.74) is -0.370. The third kappa shape index (κ3) is 3.40. The van der Waals surface area contributed by atoms with Crippen LogP contribution in [0.5, 0.6) is 5.75 Å². The zero-order valence-electron chi connectivity index (χ0n) is 11.9. The lowest BCUT2D eigenvalue weighted by Crippen LogP contribution is -2.08. The molecule has 0 saturated carbocycles. The Morgan fingerprint density at radius 2 is 1.86 bits per heavy atom. The maximum absolute atomic E-state index is 13.1. The third-order valence-corrected chi connectivity index (χ3v) is 3.11. The Labute approximate surface area is 126 Å². The van der Waals surface area contributed by atoms with Crippen molar-refractivity contribution in [3.63, 3.8) is 0 Å². The number of halogens is 3. The van der Waals surface area contributed by atoms with E-state index in [0.29, 0.717) is 23.5 Å². The first-order chi connectivity index (χ1) is 10.5. The normalized spacial score (nSPS) is 11.0. The average molecular weight is 305 g/mol. The summed E-state index contributed by atoms with van der Waals surface area (Å²) in [7, 11) is 0. The number of alkyl halides is 3. The summed E-state index contributed by atoms with van der Waals surface area (Å²) in [6, 6.07) is 12.2. The molecule has 5 heteroatoms. The minimum atomic E-state index is -4.57. The maximum atomic E-state index is 13.1. The molecule has 2 nitrogen and oxygen atoms in total. The molecule has 0 N–H and O–H groups in total. The van der Waals surface area contributed by atoms with Gasteiger partial charge in [-0.15, -0.1) is 0 Å². The van der Waals surface area contributed by atoms with Gasteiger partial charge in [0.15, 0.2) is 0 Å². The fourth-order valence-corrected chi connectivity index (χ4v) is 2.09. The Morgan fingerprint density at radius 3 is 2.50 bits per heavy atom. The molecule has 0 heterocycles. The van der Waals surface area contributed by atoms with E-state index in [0.717, 1.165) is 12.5 Å². The van der Waals surface area contributed by atoms with Crippen LogP contribution in [0.3, 0.4) is 0 Å². The van der Waals surface area contributed by atoms with Gasteiger partial charge in [-0.2, -0.15) is 18.4 Å². The van der Waals surface area contributed by atoms with Crippen LogP contribution in [0.1, 0.15) is 24.5 Å². The van der Waals surface area contributed by atoms with Crippen molar-refractivity contribution in [1.82, 2.24) is 0 Å². The molecular formula is C17H14F3NO. The second-order valence-electron chi connectivity index (χ2n) is 4.71. The summed E-state index contributed by atoms with van der Waals surface area (Å²) in [5.74, 6) is 0.530. The van der Waals surface area contributed by atoms with Gasteiger partial charge in [0.05, 0.1) is 23.8 Å². The summed E-state index contributed by atoms with van der Waals surface area (Å²) in [4.78, 5) is 0. The van der Waals surface area contributed by atoms with Gasteiger partial charge in [0.1, 0.15) is 5.75 Å². The van der Waals surface area contributed by atoms with Crippen LogP contribution in [0.2, 0.25) is 0 Å². The van der Waals surface area contributed by atoms with Crippen molar-refractivity contribution < 1.29 is 17.9 Å². The van der Waals surface area contributed by atoms with Crippen LogP contribution in [-0.4, -0.2) is 6.61 Å². The monoisotopic (exact) mass is 305 g/mol. The standard InChI is InChI=1S/C17H14F3NO/c1-2-9-22-16-6-4-3-5-14(16)12-7-8-13(11-21)15(10-12)17(18,19)20/h3-8,10H,2,9H2,1H3. The number of nitrogens with zero attached hydrogens (tertiary/aromatic N) is 1. The van der Waals surface area contributed by atoms with E-state index in [2.05, 4.69) is 0 Å². The number of rotatable bonds is 4. The molecule has 0 aliphatic rings. The smallest absolute Gasteiger partial charge is 0.417 e. The summed E-state index contributed by atoms with van der Waals surface area (Å²) in [6.45, 7) is 2.44. The van der Waals surface area contributed by atoms with Crippen molar-refractivity contribution >= 4 is 0 Å². The van der Waals surface area contributed by atoms with Crippen molar-refractivity contribution in [2.24, 2.45) is 0 Å². The van der Waals surface area contributed by atoms with E-state index in [1.165, 1.54) is 12.1 Å². The summed E-state index contributed by atoms with van der Waals surface area (Å²) in [6.07, 6.45) is -3.77. The van der Waals surface area contributed by atoms with Crippen molar-refractivity contribution in [2.45, 2.75) is 19.5 Å². The van der Waals surface area contributed by atoms with Gasteiger partial charge >= 0.3 is 6.18 Å². The molecule has 0 radical (unpaired) electrons. The lowest BCUT2D eigenvalue weighted by atomic mass is 9.98. The number of hydrogen-bond donors (Lipinski definition) is 0. The van der Waals surface area contributed by atoms with Gasteiger partial charge < -0.3 is 4.74 Å². The highest BCUT2D eigenvalue weighted by molar-refractivity contribution is 5.72. The molecule has 0 aliphatic heterocycles. The molecule has 0 spiro atoms. The van der Waals surface area contributed by atoms with E-state index in [-0.39, 0.29) is 5.56 Å². The van der Waals surface area contributed by atoms with E-state index < -0.39 is 11.7 Å². The van der Waals surface area contributed by atoms with Crippen LogP contribution in [0, 0.1) is 11.3 Å². The Hall–Kier alpha value is -2.48. The molecule has 114 valence electrons. The van der Waals surface area contributed by atoms with Crippen LogP contribution in [0.15, 0.2) is 42.5 Å². The number of benzene rings is 2. The van der Waals surface area contributed by atoms with Crippen LogP contribution < -0.4 is 4.74 Å². The molecule has 0 saturated heterocycles. The highest BCUT2D eigenvalue weighted by atomic mass is 19.4. The maximum Gasteiger partial charge on any atom is 0.417 e. The highest BCUT2D eigenvalue weighted by Crippen LogP contribution is 2.37. The molecule has 0 aromatic heterocycles. The van der Waals surface area contributed by atoms with Crippen molar-refractivity contribution in [3.05, 3.63) is 53.6 Å². The fourth-order valence-electron chi connectivity index (χ4n) is 2.09. The predicted octanol–water partition coefficient (Wildman–Crippen LogP) is 5.03. The molecule has 0 amide bonds. The first-order valence-corrected chi connectivity index (χ1v) is 6.81. The summed E-state index contributed by atoms with van der Waals surface area (Å²) in [5, 5.41) is 8.84. The van der Waals surface area contributed by atoms with Gasteiger partial charge in [-0.3, -0.25) is 0 Å². The molecule has 0 atom stereocenters. The minimum Gasteiger partial charge on any atom is -0.493 e. The largest absolute Gasteiger partial charge is 0.493 e. The molecular weight excluding hydrogens is 291 g/mol. The van der Waals surface area contributed by atoms with E-state index in [4.69, 9.17) is 10.00 Å². The van der Waals surface area contributed by atoms with E-state index >= 15 is 0 Å². The van der Waals surface area contributed by atoms with Crippen molar-refractivity contribution in [2.75, 3.05) is 6.61 Å². The molecule has 22 heavy (non-hydrogen) atoms. The van der Waals surface area contributed by atoms with E-state index in [1.54, 1.807) is 30.3 Å². The Morgan fingerprint density at radius 1 is 1.14 bits per heavy atom. The van der Waals surface area contributed by atoms with Gasteiger partial charge in [0, 0.05) is 5.56 Å². The Kier molecular flexibility index (Phi) is 4.71. The van der Waals surface area contributed by atoms with Crippen LogP contribution in [0.4, 0.5) is 13.2 Å². The Bertz CT molecular complexity index is 702. The van der Waals surface area contributed by atoms with Crippen LogP contribution >= 0.6 is 0 Å². The number of hydrogen-bond acceptors (Lipinski definition) is 2. The molecule has 2 rings (SSSR count). The Balaban J connectivity index is 2.53. The van der Waals surface area contributed by atoms with Crippen LogP contribution in [0.25, 0.3) is 11.1 Å². The van der Waals surface area contributed by atoms with Gasteiger partial charge in [-0.25, -0.2) is 0 Å². The molecule has 0 unspecified atom stereocenters. The first kappa shape index (κ1) is 15.9. The second kappa shape index (κ2) is 6.52. The fraction of sp³-hybridized carbons (Fsp3) is 0.235. The lowest BCUT2D eigenvalue weighted by molar-refractivity contribution is -0.137. The average Bonchev–Trinajstić information content (AvgIpc) is 2.51. The zero-order chi connectivity index (χ0) is 16.2. The first-order valence-electron chi connectivity index (χ1n) is 6.81. The van der Waals surface area contributed by atoms with E-state index in [1.807, 2.05) is 6.92 Å². The molecule has 2 aromatic carbocycles. The highest BCUT2D eigenvalue weighted by Gasteiger charge is 2.34. The molecule has 0 bridgehead atoms. The van der Waals surface area contributed by atoms with Gasteiger partial charge in [0.25, 0.3) is 0 Å². The molecule has 2 aromatic rings. The second-order valence-corrected chi connectivity index (χ2v) is 4.71. The summed E-state index contributed by atoms with van der Waals surface area (Å²) >= 11 is 0. The topological polar surface area (TPSA) is 33.0 Å². The third-order valence-electron chi connectivity index (χ3n) is 3.11. The molecule has 0 fully saturated rings. The number of ether oxygens (including phenoxy) is 1. The summed E-state index contributed by atoms with van der Waals surface area (Å²) < 4.78 is 44.7. The van der Waals surface area contributed by atoms with E-state index in [9.17, 15) is 13.2 Å². The number of nitriles is 1. The predicted molar refractivity (Wildman–Crippen MR) is 77.4 cm³/mol. The van der Waals surface area contributed by atoms with Gasteiger partial charge in [-0.05, 0) is 30.2 Å². The lowest BCUT2D eigenvalue weighted by Gasteiger charge is -2.14. The minimum absolute atomic E-state index is 0.373. The van der Waals surface area contributed by atoms with Crippen molar-refractivity contribution in [1.29, 1.82) is 5.26 Å². The SMILES string of the molecule is CCCOc1ccccc1-c1ccc(C#N)c(C(F)(F)F)c1. The van der Waals surface area contributed by atoms with Gasteiger partial charge in [0.2, 0.25) is 0 Å². The number of para-hydroxylation sites is 1. The van der Waals surface area contributed by atoms with Crippen LogP contribution in [-0.2, 0) is 6.18 Å². The van der Waals surface area contributed by atoms with Crippen molar-refractivity contribution in [3.8, 4) is 22.9 Å². The quantitative estimate of drug-likeness (QED) is 0.793. The van der Waals surface area contributed by atoms with Gasteiger partial charge in [-0.1, -0.05) is 31.2 Å². The molecule has 0 aliphatic carbocycles.